The zero-order valence-corrected chi connectivity index (χ0v) is 7.18. The summed E-state index contributed by atoms with van der Waals surface area (Å²) in [6.45, 7) is 1.68. The summed E-state index contributed by atoms with van der Waals surface area (Å²) in [4.78, 5) is 4.08. The van der Waals surface area contributed by atoms with E-state index in [0.717, 1.165) is 13.2 Å². The number of aromatic nitrogens is 2. The molecule has 0 radical (unpaired) electrons. The molecule has 1 fully saturated rings. The fourth-order valence-corrected chi connectivity index (χ4v) is 1.71. The van der Waals surface area contributed by atoms with Crippen molar-refractivity contribution in [2.75, 3.05) is 13.2 Å². The number of hydrogen-bond donors (Lipinski definition) is 0. The summed E-state index contributed by atoms with van der Waals surface area (Å²) in [6, 6.07) is 4.67. The molecule has 1 saturated heterocycles. The first-order valence-corrected chi connectivity index (χ1v) is 4.43. The third-order valence-electron chi connectivity index (χ3n) is 2.53. The van der Waals surface area contributed by atoms with Gasteiger partial charge in [-0.2, -0.15) is 0 Å². The molecule has 66 valence electrons. The second kappa shape index (κ2) is 2.57. The van der Waals surface area contributed by atoms with Crippen molar-refractivity contribution >= 4 is 10.9 Å². The molecule has 0 aromatic carbocycles. The van der Waals surface area contributed by atoms with Crippen LogP contribution in [0.1, 0.15) is 6.04 Å². The van der Waals surface area contributed by atoms with Crippen molar-refractivity contribution < 1.29 is 4.74 Å². The maximum Gasteiger partial charge on any atom is 0.0803 e. The lowest BCUT2D eigenvalue weighted by molar-refractivity contribution is -0.0213. The minimum absolute atomic E-state index is 0.528. The third kappa shape index (κ3) is 0.971. The number of hydrogen-bond acceptors (Lipinski definition) is 2. The summed E-state index contributed by atoms with van der Waals surface area (Å²) >= 11 is 0. The predicted octanol–water partition coefficient (Wildman–Crippen LogP) is 1.61. The van der Waals surface area contributed by atoms with Crippen LogP contribution in [0.25, 0.3) is 10.9 Å². The number of pyridine rings is 1. The molecule has 0 N–H and O–H groups in total. The van der Waals surface area contributed by atoms with E-state index in [0.29, 0.717) is 6.04 Å². The van der Waals surface area contributed by atoms with Gasteiger partial charge in [-0.05, 0) is 12.1 Å². The van der Waals surface area contributed by atoms with Crippen LogP contribution in [-0.4, -0.2) is 22.8 Å². The number of rotatable bonds is 1. The molecule has 2 aromatic rings. The van der Waals surface area contributed by atoms with Crippen molar-refractivity contribution in [3.05, 3.63) is 30.7 Å². The van der Waals surface area contributed by atoms with Crippen LogP contribution in [0.4, 0.5) is 0 Å². The largest absolute Gasteiger partial charge is 0.377 e. The Labute approximate surface area is 76.0 Å². The van der Waals surface area contributed by atoms with E-state index in [1.807, 2.05) is 18.5 Å². The number of ether oxygens (including phenoxy) is 1. The van der Waals surface area contributed by atoms with Gasteiger partial charge in [0.1, 0.15) is 0 Å². The Morgan fingerprint density at radius 1 is 1.38 bits per heavy atom. The first-order chi connectivity index (χ1) is 6.45. The van der Waals surface area contributed by atoms with E-state index in [1.165, 1.54) is 10.9 Å². The summed E-state index contributed by atoms with van der Waals surface area (Å²) < 4.78 is 7.44. The molecule has 0 atom stereocenters. The number of nitrogens with zero attached hydrogens (tertiary/aromatic N) is 2. The van der Waals surface area contributed by atoms with Gasteiger partial charge in [0, 0.05) is 24.0 Å². The normalized spacial score (nSPS) is 17.5. The SMILES string of the molecule is c1cc2c(ccn2C2COC2)cn1. The minimum atomic E-state index is 0.528. The van der Waals surface area contributed by atoms with Crippen LogP contribution in [0, 0.1) is 0 Å². The van der Waals surface area contributed by atoms with Gasteiger partial charge in [-0.3, -0.25) is 4.98 Å². The maximum atomic E-state index is 5.17. The first kappa shape index (κ1) is 7.09. The highest BCUT2D eigenvalue weighted by Gasteiger charge is 2.20. The highest BCUT2D eigenvalue weighted by Crippen LogP contribution is 2.23. The van der Waals surface area contributed by atoms with Gasteiger partial charge in [-0.1, -0.05) is 0 Å². The van der Waals surface area contributed by atoms with Crippen molar-refractivity contribution in [1.82, 2.24) is 9.55 Å². The van der Waals surface area contributed by atoms with E-state index in [4.69, 9.17) is 4.74 Å². The highest BCUT2D eigenvalue weighted by atomic mass is 16.5. The van der Waals surface area contributed by atoms with Gasteiger partial charge in [0.2, 0.25) is 0 Å². The van der Waals surface area contributed by atoms with Gasteiger partial charge in [0.25, 0.3) is 0 Å². The van der Waals surface area contributed by atoms with E-state index < -0.39 is 0 Å². The molecule has 0 aliphatic carbocycles. The molecule has 0 amide bonds. The van der Waals surface area contributed by atoms with Crippen molar-refractivity contribution in [2.24, 2.45) is 0 Å². The molecule has 2 aromatic heterocycles. The Kier molecular flexibility index (Phi) is 1.40. The van der Waals surface area contributed by atoms with E-state index in [1.54, 1.807) is 0 Å². The quantitative estimate of drug-likeness (QED) is 0.656. The maximum absolute atomic E-state index is 5.17. The first-order valence-electron chi connectivity index (χ1n) is 4.43. The Balaban J connectivity index is 2.17. The molecule has 0 unspecified atom stereocenters. The smallest absolute Gasteiger partial charge is 0.0803 e. The van der Waals surface area contributed by atoms with Crippen molar-refractivity contribution in [3.8, 4) is 0 Å². The van der Waals surface area contributed by atoms with Crippen molar-refractivity contribution in [1.29, 1.82) is 0 Å². The molecule has 0 bridgehead atoms. The van der Waals surface area contributed by atoms with Crippen LogP contribution in [-0.2, 0) is 4.74 Å². The molecule has 0 saturated carbocycles. The lowest BCUT2D eigenvalue weighted by Gasteiger charge is -2.28. The summed E-state index contributed by atoms with van der Waals surface area (Å²) in [5.41, 5.74) is 1.25. The fraction of sp³-hybridized carbons (Fsp3) is 0.300. The average Bonchev–Trinajstić information content (AvgIpc) is 2.47. The van der Waals surface area contributed by atoms with Gasteiger partial charge < -0.3 is 9.30 Å². The van der Waals surface area contributed by atoms with E-state index in [9.17, 15) is 0 Å². The van der Waals surface area contributed by atoms with E-state index in [2.05, 4.69) is 21.8 Å². The van der Waals surface area contributed by atoms with Crippen LogP contribution in [0.15, 0.2) is 30.7 Å². The standard InChI is InChI=1S/C10H10N2O/c1-3-11-5-8-2-4-12(10(1)8)9-6-13-7-9/h1-5,9H,6-7H2. The highest BCUT2D eigenvalue weighted by molar-refractivity contribution is 5.79. The Hall–Kier alpha value is -1.35. The fourth-order valence-electron chi connectivity index (χ4n) is 1.71. The van der Waals surface area contributed by atoms with Gasteiger partial charge in [-0.15, -0.1) is 0 Å². The second-order valence-corrected chi connectivity index (χ2v) is 3.35. The zero-order chi connectivity index (χ0) is 8.67. The Morgan fingerprint density at radius 3 is 3.08 bits per heavy atom. The van der Waals surface area contributed by atoms with Crippen LogP contribution in [0.2, 0.25) is 0 Å². The summed E-state index contributed by atoms with van der Waals surface area (Å²) in [5, 5.41) is 1.20. The lowest BCUT2D eigenvalue weighted by Crippen LogP contribution is -2.29. The monoisotopic (exact) mass is 174 g/mol. The van der Waals surface area contributed by atoms with Crippen molar-refractivity contribution in [2.45, 2.75) is 6.04 Å². The van der Waals surface area contributed by atoms with Gasteiger partial charge in [-0.25, -0.2) is 0 Å². The summed E-state index contributed by atoms with van der Waals surface area (Å²) in [6.07, 6.45) is 5.84. The molecule has 3 heterocycles. The topological polar surface area (TPSA) is 27.1 Å². The summed E-state index contributed by atoms with van der Waals surface area (Å²) in [7, 11) is 0. The van der Waals surface area contributed by atoms with E-state index in [-0.39, 0.29) is 0 Å². The van der Waals surface area contributed by atoms with Crippen LogP contribution < -0.4 is 0 Å². The lowest BCUT2D eigenvalue weighted by atomic mass is 10.2. The predicted molar refractivity (Wildman–Crippen MR) is 49.6 cm³/mol. The molecule has 3 nitrogen and oxygen atoms in total. The van der Waals surface area contributed by atoms with E-state index >= 15 is 0 Å². The van der Waals surface area contributed by atoms with Gasteiger partial charge in [0.05, 0.1) is 24.8 Å². The third-order valence-corrected chi connectivity index (χ3v) is 2.53. The van der Waals surface area contributed by atoms with Crippen LogP contribution >= 0.6 is 0 Å². The Bertz CT molecular complexity index is 431. The molecule has 1 aliphatic heterocycles. The zero-order valence-electron chi connectivity index (χ0n) is 7.18. The summed E-state index contributed by atoms with van der Waals surface area (Å²) in [5.74, 6) is 0. The van der Waals surface area contributed by atoms with Gasteiger partial charge >= 0.3 is 0 Å². The second-order valence-electron chi connectivity index (χ2n) is 3.35. The molecule has 0 spiro atoms. The molecule has 3 rings (SSSR count). The Morgan fingerprint density at radius 2 is 2.31 bits per heavy atom. The van der Waals surface area contributed by atoms with Crippen LogP contribution in [0.3, 0.4) is 0 Å². The minimum Gasteiger partial charge on any atom is -0.377 e. The van der Waals surface area contributed by atoms with Crippen molar-refractivity contribution in [3.63, 3.8) is 0 Å². The molecular formula is C10H10N2O. The molecule has 1 aliphatic rings. The van der Waals surface area contributed by atoms with Crippen LogP contribution in [0.5, 0.6) is 0 Å². The molecule has 3 heteroatoms. The average molecular weight is 174 g/mol. The molecular weight excluding hydrogens is 164 g/mol. The molecule has 13 heavy (non-hydrogen) atoms. The van der Waals surface area contributed by atoms with Gasteiger partial charge in [0.15, 0.2) is 0 Å². The number of fused-ring (bicyclic) bond motifs is 1.